The van der Waals surface area contributed by atoms with E-state index in [1.54, 1.807) is 7.11 Å². The number of carbonyl (C=O) groups is 1. The van der Waals surface area contributed by atoms with Crippen LogP contribution in [0.15, 0.2) is 35.7 Å². The smallest absolute Gasteiger partial charge is 0.273 e. The second kappa shape index (κ2) is 7.70. The highest BCUT2D eigenvalue weighted by atomic mass is 32.1. The molecule has 1 aliphatic heterocycles. The number of thiazole rings is 1. The molecule has 2 heterocycles. The molecular formula is C18H22N2O2S. The molecule has 1 aromatic carbocycles. The average molecular weight is 330 g/mol. The van der Waals surface area contributed by atoms with Crippen LogP contribution in [0.5, 0.6) is 0 Å². The van der Waals surface area contributed by atoms with Crippen LogP contribution < -0.4 is 0 Å². The number of ether oxygens (including phenoxy) is 1. The maximum Gasteiger partial charge on any atom is 0.273 e. The van der Waals surface area contributed by atoms with Gasteiger partial charge in [0, 0.05) is 25.1 Å². The van der Waals surface area contributed by atoms with Crippen molar-refractivity contribution in [3.05, 3.63) is 52.0 Å². The summed E-state index contributed by atoms with van der Waals surface area (Å²) in [5, 5.41) is 2.71. The van der Waals surface area contributed by atoms with Crippen LogP contribution in [0.2, 0.25) is 0 Å². The summed E-state index contributed by atoms with van der Waals surface area (Å²) in [7, 11) is 1.64. The summed E-state index contributed by atoms with van der Waals surface area (Å²) in [6.45, 7) is 1.29. The fourth-order valence-corrected chi connectivity index (χ4v) is 3.85. The molecule has 0 unspecified atom stereocenters. The van der Waals surface area contributed by atoms with Gasteiger partial charge in [-0.05, 0) is 31.2 Å². The summed E-state index contributed by atoms with van der Waals surface area (Å²) in [4.78, 5) is 19.3. The highest BCUT2D eigenvalue weighted by Gasteiger charge is 2.28. The second-order valence-electron chi connectivity index (χ2n) is 5.90. The van der Waals surface area contributed by atoms with Crippen LogP contribution in [0.25, 0.3) is 0 Å². The van der Waals surface area contributed by atoms with Crippen molar-refractivity contribution >= 4 is 17.2 Å². The molecule has 0 spiro atoms. The summed E-state index contributed by atoms with van der Waals surface area (Å²) in [5.74, 6) is 0.0595. The predicted molar refractivity (Wildman–Crippen MR) is 91.6 cm³/mol. The molecule has 1 fully saturated rings. The van der Waals surface area contributed by atoms with Crippen molar-refractivity contribution in [3.8, 4) is 0 Å². The van der Waals surface area contributed by atoms with E-state index in [0.717, 1.165) is 30.8 Å². The zero-order valence-corrected chi connectivity index (χ0v) is 14.2. The van der Waals surface area contributed by atoms with Crippen LogP contribution in [-0.2, 0) is 17.8 Å². The minimum atomic E-state index is 0.0595. The Balaban J connectivity index is 1.73. The number of rotatable bonds is 5. The van der Waals surface area contributed by atoms with Gasteiger partial charge in [-0.2, -0.15) is 0 Å². The molecule has 1 aliphatic rings. The van der Waals surface area contributed by atoms with Gasteiger partial charge in [-0.25, -0.2) is 4.98 Å². The van der Waals surface area contributed by atoms with Gasteiger partial charge in [0.05, 0.1) is 6.61 Å². The fourth-order valence-electron chi connectivity index (χ4n) is 3.11. The summed E-state index contributed by atoms with van der Waals surface area (Å²) in [6, 6.07) is 10.7. The first-order valence-corrected chi connectivity index (χ1v) is 8.94. The molecule has 2 aromatic rings. The molecule has 3 rings (SSSR count). The van der Waals surface area contributed by atoms with Gasteiger partial charge in [0.25, 0.3) is 5.91 Å². The Kier molecular flexibility index (Phi) is 5.41. The second-order valence-corrected chi connectivity index (χ2v) is 6.84. The van der Waals surface area contributed by atoms with E-state index in [1.165, 1.54) is 23.3 Å². The van der Waals surface area contributed by atoms with Crippen molar-refractivity contribution in [1.82, 2.24) is 9.88 Å². The summed E-state index contributed by atoms with van der Waals surface area (Å²) < 4.78 is 5.09. The number of carbonyl (C=O) groups excluding carboxylic acids is 1. The average Bonchev–Trinajstić information content (AvgIpc) is 3.05. The number of likely N-dealkylation sites (tertiary alicyclic amines) is 1. The number of benzene rings is 1. The molecule has 0 aliphatic carbocycles. The molecule has 0 radical (unpaired) electrons. The minimum Gasteiger partial charge on any atom is -0.378 e. The van der Waals surface area contributed by atoms with Crippen LogP contribution in [0.4, 0.5) is 0 Å². The Morgan fingerprint density at radius 1 is 1.35 bits per heavy atom. The van der Waals surface area contributed by atoms with E-state index in [-0.39, 0.29) is 11.9 Å². The van der Waals surface area contributed by atoms with Crippen LogP contribution in [-0.4, -0.2) is 35.5 Å². The zero-order chi connectivity index (χ0) is 16.1. The Morgan fingerprint density at radius 2 is 2.17 bits per heavy atom. The highest BCUT2D eigenvalue weighted by Crippen LogP contribution is 2.23. The van der Waals surface area contributed by atoms with E-state index in [4.69, 9.17) is 4.74 Å². The third-order valence-electron chi connectivity index (χ3n) is 4.24. The Bertz CT molecular complexity index is 641. The summed E-state index contributed by atoms with van der Waals surface area (Å²) in [5.41, 5.74) is 1.84. The first-order valence-electron chi connectivity index (χ1n) is 8.06. The number of piperidine rings is 1. The Hall–Kier alpha value is -1.72. The number of amides is 1. The normalized spacial score (nSPS) is 18.1. The van der Waals surface area contributed by atoms with Gasteiger partial charge in [0.1, 0.15) is 10.7 Å². The van der Waals surface area contributed by atoms with Crippen molar-refractivity contribution < 1.29 is 9.53 Å². The maximum atomic E-state index is 12.8. The minimum absolute atomic E-state index is 0.0595. The largest absolute Gasteiger partial charge is 0.378 e. The van der Waals surface area contributed by atoms with E-state index in [2.05, 4.69) is 29.2 Å². The molecule has 0 bridgehead atoms. The van der Waals surface area contributed by atoms with Crippen molar-refractivity contribution in [2.24, 2.45) is 0 Å². The number of aromatic nitrogens is 1. The lowest BCUT2D eigenvalue weighted by Gasteiger charge is -2.35. The molecule has 1 amide bonds. The highest BCUT2D eigenvalue weighted by molar-refractivity contribution is 7.09. The first-order chi connectivity index (χ1) is 11.3. The third kappa shape index (κ3) is 3.98. The quantitative estimate of drug-likeness (QED) is 0.842. The SMILES string of the molecule is COCc1nc(C(=O)N2CCCC[C@@H]2Cc2ccccc2)cs1. The molecule has 1 saturated heterocycles. The number of hydrogen-bond acceptors (Lipinski definition) is 4. The van der Waals surface area contributed by atoms with Gasteiger partial charge in [0.2, 0.25) is 0 Å². The van der Waals surface area contributed by atoms with Crippen molar-refractivity contribution in [2.45, 2.75) is 38.3 Å². The summed E-state index contributed by atoms with van der Waals surface area (Å²) in [6.07, 6.45) is 4.25. The van der Waals surface area contributed by atoms with Crippen LogP contribution in [0.3, 0.4) is 0 Å². The van der Waals surface area contributed by atoms with Gasteiger partial charge in [-0.3, -0.25) is 4.79 Å². The van der Waals surface area contributed by atoms with Crippen LogP contribution >= 0.6 is 11.3 Å². The number of hydrogen-bond donors (Lipinski definition) is 0. The molecule has 122 valence electrons. The van der Waals surface area contributed by atoms with Crippen molar-refractivity contribution in [3.63, 3.8) is 0 Å². The third-order valence-corrected chi connectivity index (χ3v) is 5.06. The molecule has 0 saturated carbocycles. The van der Waals surface area contributed by atoms with E-state index >= 15 is 0 Å². The van der Waals surface area contributed by atoms with Gasteiger partial charge >= 0.3 is 0 Å². The maximum absolute atomic E-state index is 12.8. The summed E-state index contributed by atoms with van der Waals surface area (Å²) >= 11 is 1.49. The first kappa shape index (κ1) is 16.1. The Morgan fingerprint density at radius 3 is 2.96 bits per heavy atom. The van der Waals surface area contributed by atoms with Crippen LogP contribution in [0, 0.1) is 0 Å². The lowest BCUT2D eigenvalue weighted by molar-refractivity contribution is 0.0607. The predicted octanol–water partition coefficient (Wildman–Crippen LogP) is 3.53. The Labute approximate surface area is 141 Å². The zero-order valence-electron chi connectivity index (χ0n) is 13.4. The lowest BCUT2D eigenvalue weighted by Crippen LogP contribution is -2.45. The molecule has 23 heavy (non-hydrogen) atoms. The molecule has 1 aromatic heterocycles. The molecule has 5 heteroatoms. The molecule has 1 atom stereocenters. The van der Waals surface area contributed by atoms with E-state index < -0.39 is 0 Å². The van der Waals surface area contributed by atoms with Crippen molar-refractivity contribution in [2.75, 3.05) is 13.7 Å². The van der Waals surface area contributed by atoms with Gasteiger partial charge in [-0.15, -0.1) is 11.3 Å². The number of nitrogens with zero attached hydrogens (tertiary/aromatic N) is 2. The van der Waals surface area contributed by atoms with Crippen molar-refractivity contribution in [1.29, 1.82) is 0 Å². The lowest BCUT2D eigenvalue weighted by atomic mass is 9.95. The van der Waals surface area contributed by atoms with E-state index in [1.807, 2.05) is 16.3 Å². The molecular weight excluding hydrogens is 308 g/mol. The standard InChI is InChI=1S/C18H22N2O2S/c1-22-12-17-19-16(13-23-17)18(21)20-10-6-5-9-15(20)11-14-7-3-2-4-8-14/h2-4,7-8,13,15H,5-6,9-12H2,1H3/t15-/m1/s1. The van der Waals surface area contributed by atoms with Gasteiger partial charge < -0.3 is 9.64 Å². The number of methoxy groups -OCH3 is 1. The topological polar surface area (TPSA) is 42.4 Å². The molecule has 4 nitrogen and oxygen atoms in total. The van der Waals surface area contributed by atoms with E-state index in [9.17, 15) is 4.79 Å². The fraction of sp³-hybridized carbons (Fsp3) is 0.444. The van der Waals surface area contributed by atoms with Crippen LogP contribution in [0.1, 0.15) is 40.3 Å². The van der Waals surface area contributed by atoms with E-state index in [0.29, 0.717) is 12.3 Å². The van der Waals surface area contributed by atoms with Gasteiger partial charge in [-0.1, -0.05) is 30.3 Å². The molecule has 0 N–H and O–H groups in total. The monoisotopic (exact) mass is 330 g/mol. The van der Waals surface area contributed by atoms with Gasteiger partial charge in [0.15, 0.2) is 0 Å².